The Hall–Kier alpha value is -3.20. The Bertz CT molecular complexity index is 1270. The van der Waals surface area contributed by atoms with Crippen LogP contribution in [0.1, 0.15) is 59.4 Å². The topological polar surface area (TPSA) is 113 Å². The van der Waals surface area contributed by atoms with Crippen molar-refractivity contribution in [1.82, 2.24) is 25.1 Å². The van der Waals surface area contributed by atoms with Gasteiger partial charge in [0.25, 0.3) is 0 Å². The van der Waals surface area contributed by atoms with Gasteiger partial charge in [-0.2, -0.15) is 5.10 Å². The standard InChI is InChI=1S/C27H35N5O4/c1-25(2,3)36-24(34)32-11-10-27(8-9-27)21(15-32)35-22-14-28-13-20(29-22)23-18-12-17(26(4,5)16-33)6-7-19(18)30-31-23/h6-7,12-14,21,33H,8-11,15-16H2,1-5H3,(H,30,31). The molecule has 9 nitrogen and oxygen atoms in total. The predicted molar refractivity (Wildman–Crippen MR) is 136 cm³/mol. The van der Waals surface area contributed by atoms with Crippen molar-refractivity contribution in [3.8, 4) is 17.3 Å². The summed E-state index contributed by atoms with van der Waals surface area (Å²) in [6.07, 6.45) is 5.86. The van der Waals surface area contributed by atoms with Crippen LogP contribution >= 0.6 is 0 Å². The lowest BCUT2D eigenvalue weighted by atomic mass is 9.85. The number of likely N-dealkylation sites (tertiary alicyclic amines) is 1. The van der Waals surface area contributed by atoms with Crippen molar-refractivity contribution in [1.29, 1.82) is 0 Å². The Labute approximate surface area is 211 Å². The van der Waals surface area contributed by atoms with Gasteiger partial charge in [-0.3, -0.25) is 10.1 Å². The minimum atomic E-state index is -0.541. The second kappa shape index (κ2) is 8.73. The molecule has 2 aromatic heterocycles. The number of aliphatic hydroxyl groups excluding tert-OH is 1. The van der Waals surface area contributed by atoms with Crippen LogP contribution in [0.2, 0.25) is 0 Å². The van der Waals surface area contributed by atoms with Crippen LogP contribution in [0.5, 0.6) is 5.88 Å². The highest BCUT2D eigenvalue weighted by Gasteiger charge is 2.54. The summed E-state index contributed by atoms with van der Waals surface area (Å²) in [6, 6.07) is 6.01. The number of piperidine rings is 1. The number of carbonyl (C=O) groups excluding carboxylic acids is 1. The summed E-state index contributed by atoms with van der Waals surface area (Å²) < 4.78 is 12.0. The first-order valence-corrected chi connectivity index (χ1v) is 12.6. The van der Waals surface area contributed by atoms with Gasteiger partial charge >= 0.3 is 6.09 Å². The number of H-pyrrole nitrogens is 1. The van der Waals surface area contributed by atoms with Crippen molar-refractivity contribution in [2.45, 2.75) is 71.0 Å². The molecule has 2 N–H and O–H groups in total. The summed E-state index contributed by atoms with van der Waals surface area (Å²) in [5, 5.41) is 18.3. The first kappa shape index (κ1) is 24.5. The lowest BCUT2D eigenvalue weighted by molar-refractivity contribution is -0.0120. The number of aliphatic hydroxyl groups is 1. The van der Waals surface area contributed by atoms with Crippen molar-refractivity contribution in [2.24, 2.45) is 5.41 Å². The van der Waals surface area contributed by atoms with E-state index in [4.69, 9.17) is 14.5 Å². The average molecular weight is 494 g/mol. The quantitative estimate of drug-likeness (QED) is 0.539. The van der Waals surface area contributed by atoms with E-state index in [2.05, 4.69) is 15.2 Å². The van der Waals surface area contributed by atoms with Crippen LogP contribution in [-0.2, 0) is 10.2 Å². The maximum absolute atomic E-state index is 12.7. The van der Waals surface area contributed by atoms with Gasteiger partial charge in [-0.1, -0.05) is 19.9 Å². The average Bonchev–Trinajstić information content (AvgIpc) is 3.47. The fourth-order valence-corrected chi connectivity index (χ4v) is 4.78. The van der Waals surface area contributed by atoms with E-state index < -0.39 is 5.60 Å². The first-order valence-electron chi connectivity index (χ1n) is 12.6. The summed E-state index contributed by atoms with van der Waals surface area (Å²) in [5.74, 6) is 0.415. The highest BCUT2D eigenvalue weighted by atomic mass is 16.6. The van der Waals surface area contributed by atoms with E-state index in [1.54, 1.807) is 17.3 Å². The van der Waals surface area contributed by atoms with Crippen molar-refractivity contribution in [3.63, 3.8) is 0 Å². The smallest absolute Gasteiger partial charge is 0.410 e. The second-order valence-corrected chi connectivity index (χ2v) is 11.8. The molecular formula is C27H35N5O4. The van der Waals surface area contributed by atoms with Crippen LogP contribution in [0.15, 0.2) is 30.6 Å². The zero-order chi connectivity index (χ0) is 25.7. The van der Waals surface area contributed by atoms with Crippen LogP contribution < -0.4 is 4.74 Å². The van der Waals surface area contributed by atoms with E-state index >= 15 is 0 Å². The number of amides is 1. The fourth-order valence-electron chi connectivity index (χ4n) is 4.78. The number of aromatic nitrogens is 4. The molecule has 1 saturated carbocycles. The Morgan fingerprint density at radius 3 is 2.67 bits per heavy atom. The molecule has 1 aromatic carbocycles. The molecule has 192 valence electrons. The molecule has 2 fully saturated rings. The third-order valence-electron chi connectivity index (χ3n) is 7.35. The Balaban J connectivity index is 1.39. The lowest BCUT2D eigenvalue weighted by Gasteiger charge is -2.39. The highest BCUT2D eigenvalue weighted by Crippen LogP contribution is 2.54. The van der Waals surface area contributed by atoms with E-state index in [9.17, 15) is 9.90 Å². The number of fused-ring (bicyclic) bond motifs is 1. The van der Waals surface area contributed by atoms with E-state index in [0.29, 0.717) is 30.4 Å². The molecular weight excluding hydrogens is 458 g/mol. The number of carbonyl (C=O) groups is 1. The third kappa shape index (κ3) is 4.76. The van der Waals surface area contributed by atoms with Gasteiger partial charge in [0.15, 0.2) is 0 Å². The molecule has 1 aliphatic carbocycles. The summed E-state index contributed by atoms with van der Waals surface area (Å²) in [7, 11) is 0. The molecule has 1 saturated heterocycles. The number of aromatic amines is 1. The molecule has 1 spiro atoms. The van der Waals surface area contributed by atoms with Crippen LogP contribution in [0.3, 0.4) is 0 Å². The number of hydrogen-bond donors (Lipinski definition) is 2. The van der Waals surface area contributed by atoms with E-state index in [0.717, 1.165) is 35.7 Å². The number of nitrogens with one attached hydrogen (secondary N) is 1. The molecule has 1 amide bonds. The van der Waals surface area contributed by atoms with Crippen LogP contribution in [0, 0.1) is 5.41 Å². The van der Waals surface area contributed by atoms with Crippen LogP contribution in [0.4, 0.5) is 4.79 Å². The highest BCUT2D eigenvalue weighted by molar-refractivity contribution is 5.92. The molecule has 2 aliphatic rings. The van der Waals surface area contributed by atoms with E-state index in [1.807, 2.05) is 52.8 Å². The van der Waals surface area contributed by atoms with Crippen molar-refractivity contribution < 1.29 is 19.4 Å². The van der Waals surface area contributed by atoms with Crippen molar-refractivity contribution in [2.75, 3.05) is 19.7 Å². The molecule has 1 unspecified atom stereocenters. The minimum Gasteiger partial charge on any atom is -0.471 e. The molecule has 9 heteroatoms. The Morgan fingerprint density at radius 2 is 1.97 bits per heavy atom. The maximum Gasteiger partial charge on any atom is 0.410 e. The summed E-state index contributed by atoms with van der Waals surface area (Å²) in [6.45, 7) is 10.8. The second-order valence-electron chi connectivity index (χ2n) is 11.8. The molecule has 5 rings (SSSR count). The van der Waals surface area contributed by atoms with Gasteiger partial charge in [0, 0.05) is 22.8 Å². The van der Waals surface area contributed by atoms with Crippen LogP contribution in [-0.4, -0.2) is 67.7 Å². The Kier molecular flexibility index (Phi) is 5.94. The molecule has 3 aromatic rings. The zero-order valence-electron chi connectivity index (χ0n) is 21.7. The summed E-state index contributed by atoms with van der Waals surface area (Å²) in [4.78, 5) is 23.6. The number of benzene rings is 1. The molecule has 0 bridgehead atoms. The molecule has 3 heterocycles. The van der Waals surface area contributed by atoms with Crippen molar-refractivity contribution >= 4 is 17.0 Å². The van der Waals surface area contributed by atoms with Gasteiger partial charge in [0.05, 0.1) is 31.1 Å². The minimum absolute atomic E-state index is 0.0400. The third-order valence-corrected chi connectivity index (χ3v) is 7.35. The number of rotatable bonds is 5. The monoisotopic (exact) mass is 493 g/mol. The number of ether oxygens (including phenoxy) is 2. The van der Waals surface area contributed by atoms with Gasteiger partial charge in [0.1, 0.15) is 23.1 Å². The maximum atomic E-state index is 12.7. The lowest BCUT2D eigenvalue weighted by Crippen LogP contribution is -2.51. The van der Waals surface area contributed by atoms with Crippen LogP contribution in [0.25, 0.3) is 22.3 Å². The fraction of sp³-hybridized carbons (Fsp3) is 0.556. The van der Waals surface area contributed by atoms with E-state index in [-0.39, 0.29) is 29.6 Å². The summed E-state index contributed by atoms with van der Waals surface area (Å²) >= 11 is 0. The summed E-state index contributed by atoms with van der Waals surface area (Å²) in [5.41, 5.74) is 2.34. The zero-order valence-corrected chi connectivity index (χ0v) is 21.7. The largest absolute Gasteiger partial charge is 0.471 e. The van der Waals surface area contributed by atoms with Crippen molar-refractivity contribution in [3.05, 3.63) is 36.2 Å². The van der Waals surface area contributed by atoms with Gasteiger partial charge < -0.3 is 19.5 Å². The number of nitrogens with zero attached hydrogens (tertiary/aromatic N) is 4. The molecule has 36 heavy (non-hydrogen) atoms. The van der Waals surface area contributed by atoms with Gasteiger partial charge in [0.2, 0.25) is 5.88 Å². The van der Waals surface area contributed by atoms with Gasteiger partial charge in [-0.15, -0.1) is 0 Å². The normalized spacial score (nSPS) is 19.5. The molecule has 1 atom stereocenters. The van der Waals surface area contributed by atoms with Gasteiger partial charge in [-0.05, 0) is 57.7 Å². The first-order chi connectivity index (χ1) is 17.0. The van der Waals surface area contributed by atoms with E-state index in [1.165, 1.54) is 0 Å². The number of hydrogen-bond acceptors (Lipinski definition) is 7. The molecule has 1 aliphatic heterocycles. The predicted octanol–water partition coefficient (Wildman–Crippen LogP) is 4.46. The Morgan fingerprint density at radius 1 is 1.19 bits per heavy atom. The van der Waals surface area contributed by atoms with Gasteiger partial charge in [-0.25, -0.2) is 9.78 Å². The SMILES string of the molecule is CC(C)(C)OC(=O)N1CCC2(CC2)C(Oc2cncc(-c3n[nH]c4ccc(C(C)(C)CO)cc34)n2)C1. The molecule has 0 radical (unpaired) electrons.